The van der Waals surface area contributed by atoms with Gasteiger partial charge in [0, 0.05) is 40.3 Å². The van der Waals surface area contributed by atoms with Crippen LogP contribution in [0.1, 0.15) is 106 Å². The molecule has 6 heteroatoms. The molecule has 1 aliphatic rings. The lowest BCUT2D eigenvalue weighted by atomic mass is 9.97. The van der Waals surface area contributed by atoms with E-state index in [1.807, 2.05) is 45.7 Å². The van der Waals surface area contributed by atoms with Crippen LogP contribution in [0.15, 0.2) is 69.5 Å². The minimum Gasteiger partial charge on any atom is -0.398 e. The average molecular weight is 598 g/mol. The normalized spacial score (nSPS) is 18.2. The Bertz CT molecular complexity index is 1150. The van der Waals surface area contributed by atoms with Crippen LogP contribution >= 0.6 is 23.3 Å². The molecule has 2 aromatic rings. The molecule has 1 aliphatic heterocycles. The van der Waals surface area contributed by atoms with Crippen LogP contribution in [-0.4, -0.2) is 28.5 Å². The van der Waals surface area contributed by atoms with Crippen molar-refractivity contribution in [3.8, 4) is 10.4 Å². The number of ether oxygens (including phenoxy) is 1. The van der Waals surface area contributed by atoms with Crippen molar-refractivity contribution in [2.75, 3.05) is 5.75 Å². The smallest absolute Gasteiger partial charge is 0.0670 e. The van der Waals surface area contributed by atoms with Crippen molar-refractivity contribution in [3.63, 3.8) is 0 Å². The zero-order valence-electron chi connectivity index (χ0n) is 27.3. The van der Waals surface area contributed by atoms with Crippen molar-refractivity contribution in [2.24, 2.45) is 10.7 Å². The number of rotatable bonds is 11. The van der Waals surface area contributed by atoms with E-state index in [2.05, 4.69) is 87.3 Å². The van der Waals surface area contributed by atoms with E-state index < -0.39 is 0 Å². The van der Waals surface area contributed by atoms with Gasteiger partial charge >= 0.3 is 0 Å². The van der Waals surface area contributed by atoms with Gasteiger partial charge < -0.3 is 10.5 Å². The van der Waals surface area contributed by atoms with E-state index in [4.69, 9.17) is 10.5 Å². The van der Waals surface area contributed by atoms with Crippen LogP contribution in [0.4, 0.5) is 0 Å². The van der Waals surface area contributed by atoms with Gasteiger partial charge in [-0.1, -0.05) is 70.5 Å². The maximum absolute atomic E-state index is 6.28. The molecule has 0 aliphatic carbocycles. The van der Waals surface area contributed by atoms with E-state index in [0.29, 0.717) is 12.2 Å². The summed E-state index contributed by atoms with van der Waals surface area (Å²) >= 11 is 3.59. The van der Waals surface area contributed by atoms with Crippen molar-refractivity contribution in [1.82, 2.24) is 4.37 Å². The summed E-state index contributed by atoms with van der Waals surface area (Å²) in [4.78, 5) is 5.71. The van der Waals surface area contributed by atoms with Crippen molar-refractivity contribution >= 4 is 29.5 Å². The average Bonchev–Trinajstić information content (AvgIpc) is 3.58. The Balaban J connectivity index is 0.000000393. The van der Waals surface area contributed by atoms with Gasteiger partial charge in [-0.15, -0.1) is 0 Å². The van der Waals surface area contributed by atoms with Gasteiger partial charge in [-0.25, -0.2) is 0 Å². The first-order valence-electron chi connectivity index (χ1n) is 15.3. The maximum atomic E-state index is 6.28. The number of nitrogens with two attached hydrogens (primary N) is 1. The summed E-state index contributed by atoms with van der Waals surface area (Å²) in [5, 5.41) is 0. The Kier molecular flexibility index (Phi) is 18.6. The van der Waals surface area contributed by atoms with Gasteiger partial charge in [0.25, 0.3) is 0 Å². The standard InChI is InChI=1S/C17H21NOS2.C16H28N2.C2H6/c1-12-8-9-15(19-12)10-20-11-16-13(2)18-21-17(16)14-6-4-3-5-7-14;1-7-10-11-13(5)15(14(6)18-9-3)16(17)12(4)8-2;1-2/h3-7,12,15H,8-11H2,1-2H3;9,11H,7-8,10,17H2,1-6H3;1-2H3/b;13-11-,15-14-,16-12-,18-9?;. The third kappa shape index (κ3) is 12.3. The highest BCUT2D eigenvalue weighted by molar-refractivity contribution is 7.98. The van der Waals surface area contributed by atoms with Crippen LogP contribution in [0.3, 0.4) is 0 Å². The highest BCUT2D eigenvalue weighted by Crippen LogP contribution is 2.34. The summed E-state index contributed by atoms with van der Waals surface area (Å²) in [5.41, 5.74) is 15.5. The van der Waals surface area contributed by atoms with Crippen LogP contribution in [0, 0.1) is 6.92 Å². The second-order valence-electron chi connectivity index (χ2n) is 10.2. The molecule has 0 bridgehead atoms. The molecule has 1 aromatic carbocycles. The van der Waals surface area contributed by atoms with Gasteiger partial charge in [-0.3, -0.25) is 4.99 Å². The predicted molar refractivity (Wildman–Crippen MR) is 186 cm³/mol. The van der Waals surface area contributed by atoms with Gasteiger partial charge in [0.2, 0.25) is 0 Å². The first kappa shape index (κ1) is 36.9. The van der Waals surface area contributed by atoms with E-state index in [9.17, 15) is 0 Å². The number of nitrogens with zero attached hydrogens (tertiary/aromatic N) is 2. The highest BCUT2D eigenvalue weighted by Gasteiger charge is 2.22. The number of aryl methyl sites for hydroxylation is 1. The summed E-state index contributed by atoms with van der Waals surface area (Å²) in [6, 6.07) is 10.6. The molecule has 1 fully saturated rings. The number of aromatic nitrogens is 1. The minimum absolute atomic E-state index is 0.442. The summed E-state index contributed by atoms with van der Waals surface area (Å²) in [6.45, 7) is 20.8. The Labute approximate surface area is 259 Å². The number of hydrogen-bond acceptors (Lipinski definition) is 6. The lowest BCUT2D eigenvalue weighted by molar-refractivity contribution is 0.0700. The number of hydrogen-bond donors (Lipinski definition) is 1. The van der Waals surface area contributed by atoms with Crippen LogP contribution in [-0.2, 0) is 10.5 Å². The summed E-state index contributed by atoms with van der Waals surface area (Å²) in [5.74, 6) is 2.12. The largest absolute Gasteiger partial charge is 0.398 e. The fourth-order valence-corrected chi connectivity index (χ4v) is 6.68. The molecular weight excluding hydrogens is 543 g/mol. The Hall–Kier alpha value is -2.15. The third-order valence-corrected chi connectivity index (χ3v) is 9.10. The lowest BCUT2D eigenvalue weighted by Crippen LogP contribution is -2.11. The molecule has 228 valence electrons. The molecule has 3 rings (SSSR count). The van der Waals surface area contributed by atoms with Crippen LogP contribution in [0.5, 0.6) is 0 Å². The molecule has 0 spiro atoms. The van der Waals surface area contributed by atoms with Crippen molar-refractivity contribution in [2.45, 2.75) is 119 Å². The van der Waals surface area contributed by atoms with Gasteiger partial charge in [0.05, 0.1) is 22.8 Å². The third-order valence-electron chi connectivity index (χ3n) is 6.97. The minimum atomic E-state index is 0.442. The van der Waals surface area contributed by atoms with Gasteiger partial charge in [-0.2, -0.15) is 16.1 Å². The Morgan fingerprint density at radius 2 is 1.83 bits per heavy atom. The molecular formula is C35H55N3OS2. The second-order valence-corrected chi connectivity index (χ2v) is 12.0. The molecule has 1 aromatic heterocycles. The molecule has 2 atom stereocenters. The van der Waals surface area contributed by atoms with Gasteiger partial charge in [0.15, 0.2) is 0 Å². The fourth-order valence-electron chi connectivity index (χ4n) is 4.49. The molecule has 2 heterocycles. The Morgan fingerprint density at radius 3 is 2.39 bits per heavy atom. The monoisotopic (exact) mass is 597 g/mol. The van der Waals surface area contributed by atoms with E-state index in [0.717, 1.165) is 47.7 Å². The molecule has 41 heavy (non-hydrogen) atoms. The van der Waals surface area contributed by atoms with E-state index in [-0.39, 0.29) is 0 Å². The zero-order chi connectivity index (χ0) is 30.8. The molecule has 0 saturated carbocycles. The highest BCUT2D eigenvalue weighted by atomic mass is 32.2. The molecule has 1 saturated heterocycles. The predicted octanol–water partition coefficient (Wildman–Crippen LogP) is 10.7. The zero-order valence-corrected chi connectivity index (χ0v) is 29.0. The van der Waals surface area contributed by atoms with E-state index in [1.165, 1.54) is 45.7 Å². The summed E-state index contributed by atoms with van der Waals surface area (Å²) in [7, 11) is 0. The molecule has 4 nitrogen and oxygen atoms in total. The summed E-state index contributed by atoms with van der Waals surface area (Å²) < 4.78 is 10.4. The van der Waals surface area contributed by atoms with Gasteiger partial charge in [-0.05, 0) is 95.5 Å². The number of aliphatic imine (C=N–C) groups is 1. The lowest BCUT2D eigenvalue weighted by Gasteiger charge is -2.14. The van der Waals surface area contributed by atoms with Crippen molar-refractivity contribution < 1.29 is 4.74 Å². The SMILES string of the molecule is CC.CC=N/C(C)=C(C(/C)=C\CCC)\C(N)=C(/C)CC.Cc1nsc(-c2ccccc2)c1CSCC1CCC(C)O1. The second kappa shape index (κ2) is 20.7. The van der Waals surface area contributed by atoms with Crippen molar-refractivity contribution in [3.05, 3.63) is 75.8 Å². The molecule has 0 radical (unpaired) electrons. The van der Waals surface area contributed by atoms with Crippen LogP contribution < -0.4 is 5.73 Å². The van der Waals surface area contributed by atoms with Gasteiger partial charge in [0.1, 0.15) is 0 Å². The van der Waals surface area contributed by atoms with E-state index >= 15 is 0 Å². The topological polar surface area (TPSA) is 60.5 Å². The van der Waals surface area contributed by atoms with Crippen LogP contribution in [0.2, 0.25) is 0 Å². The number of allylic oxidation sites excluding steroid dienone is 4. The number of benzene rings is 1. The maximum Gasteiger partial charge on any atom is 0.0670 e. The first-order valence-corrected chi connectivity index (χ1v) is 17.2. The molecule has 2 N–H and O–H groups in total. The van der Waals surface area contributed by atoms with Crippen LogP contribution in [0.25, 0.3) is 10.4 Å². The quantitative estimate of drug-likeness (QED) is 0.207. The first-order chi connectivity index (χ1) is 19.7. The molecule has 0 amide bonds. The number of unbranched alkanes of at least 4 members (excludes halogenated alkanes) is 1. The summed E-state index contributed by atoms with van der Waals surface area (Å²) in [6.07, 6.45) is 10.6. The molecule has 2 unspecified atom stereocenters. The van der Waals surface area contributed by atoms with E-state index in [1.54, 1.807) is 11.5 Å². The Morgan fingerprint density at radius 1 is 1.15 bits per heavy atom. The fraction of sp³-hybridized carbons (Fsp3) is 0.543. The van der Waals surface area contributed by atoms with Crippen molar-refractivity contribution in [1.29, 1.82) is 0 Å². The number of thioether (sulfide) groups is 1.